The van der Waals surface area contributed by atoms with Gasteiger partial charge in [0.2, 0.25) is 5.89 Å². The van der Waals surface area contributed by atoms with Gasteiger partial charge < -0.3 is 9.73 Å². The Hall–Kier alpha value is -3.63. The van der Waals surface area contributed by atoms with Crippen molar-refractivity contribution in [1.82, 2.24) is 4.98 Å². The number of anilines is 1. The summed E-state index contributed by atoms with van der Waals surface area (Å²) in [5, 5.41) is 5.68. The fourth-order valence-electron chi connectivity index (χ4n) is 3.34. The number of aromatic nitrogens is 1. The summed E-state index contributed by atoms with van der Waals surface area (Å²) in [6, 6.07) is 26.3. The lowest BCUT2D eigenvalue weighted by Gasteiger charge is -2.05. The number of hydrogen-bond acceptors (Lipinski definition) is 3. The summed E-state index contributed by atoms with van der Waals surface area (Å²) >= 11 is 5.88. The van der Waals surface area contributed by atoms with Crippen LogP contribution in [0.4, 0.5) is 5.69 Å². The fraction of sp³-hybridized carbons (Fsp3) is 0. The average molecular weight is 399 g/mol. The minimum absolute atomic E-state index is 0.209. The Morgan fingerprint density at radius 3 is 2.55 bits per heavy atom. The highest BCUT2D eigenvalue weighted by Crippen LogP contribution is 2.31. The minimum Gasteiger partial charge on any atom is -0.436 e. The molecule has 1 amide bonds. The molecule has 0 unspecified atom stereocenters. The lowest BCUT2D eigenvalue weighted by Crippen LogP contribution is -2.11. The van der Waals surface area contributed by atoms with E-state index in [-0.39, 0.29) is 5.91 Å². The van der Waals surface area contributed by atoms with Gasteiger partial charge in [0.1, 0.15) is 5.52 Å². The highest BCUT2D eigenvalue weighted by Gasteiger charge is 2.13. The van der Waals surface area contributed by atoms with Crippen LogP contribution >= 0.6 is 11.6 Å². The number of nitrogens with zero attached hydrogens (tertiary/aromatic N) is 1. The Bertz CT molecular complexity index is 1350. The molecule has 0 saturated heterocycles. The minimum atomic E-state index is -0.209. The summed E-state index contributed by atoms with van der Waals surface area (Å²) in [7, 11) is 0. The molecule has 0 aliphatic rings. The van der Waals surface area contributed by atoms with E-state index in [1.54, 1.807) is 36.4 Å². The van der Waals surface area contributed by atoms with E-state index in [2.05, 4.69) is 28.5 Å². The third kappa shape index (κ3) is 3.35. The zero-order valence-corrected chi connectivity index (χ0v) is 16.0. The molecular formula is C24H15ClN2O2. The second kappa shape index (κ2) is 7.08. The van der Waals surface area contributed by atoms with Crippen molar-refractivity contribution in [2.24, 2.45) is 0 Å². The molecule has 0 aliphatic heterocycles. The van der Waals surface area contributed by atoms with Crippen molar-refractivity contribution in [3.05, 3.63) is 95.5 Å². The molecule has 1 aromatic heterocycles. The quantitative estimate of drug-likeness (QED) is 0.374. The molecule has 0 fully saturated rings. The lowest BCUT2D eigenvalue weighted by molar-refractivity contribution is 0.102. The SMILES string of the molecule is O=C(Nc1ccc2oc(-c3cccc4ccccc34)nc2c1)c1ccc(Cl)cc1. The van der Waals surface area contributed by atoms with Crippen LogP contribution in [0.2, 0.25) is 5.02 Å². The molecule has 29 heavy (non-hydrogen) atoms. The first-order valence-electron chi connectivity index (χ1n) is 9.13. The van der Waals surface area contributed by atoms with Gasteiger partial charge in [0, 0.05) is 21.8 Å². The second-order valence-corrected chi connectivity index (χ2v) is 7.13. The number of benzene rings is 4. The van der Waals surface area contributed by atoms with Crippen LogP contribution in [0.3, 0.4) is 0 Å². The van der Waals surface area contributed by atoms with Crippen molar-refractivity contribution in [3.8, 4) is 11.5 Å². The van der Waals surface area contributed by atoms with Crippen LogP contribution in [0.5, 0.6) is 0 Å². The maximum absolute atomic E-state index is 12.4. The number of carbonyl (C=O) groups is 1. The van der Waals surface area contributed by atoms with Crippen molar-refractivity contribution in [1.29, 1.82) is 0 Å². The first-order valence-corrected chi connectivity index (χ1v) is 9.51. The average Bonchev–Trinajstić information content (AvgIpc) is 3.17. The van der Waals surface area contributed by atoms with E-state index in [0.29, 0.717) is 33.3 Å². The van der Waals surface area contributed by atoms with Gasteiger partial charge in [0.05, 0.1) is 0 Å². The van der Waals surface area contributed by atoms with Crippen LogP contribution in [0, 0.1) is 0 Å². The molecule has 5 aromatic rings. The van der Waals surface area contributed by atoms with Gasteiger partial charge in [0.25, 0.3) is 5.91 Å². The van der Waals surface area contributed by atoms with Gasteiger partial charge in [-0.15, -0.1) is 0 Å². The summed E-state index contributed by atoms with van der Waals surface area (Å²) in [4.78, 5) is 17.1. The van der Waals surface area contributed by atoms with E-state index in [4.69, 9.17) is 16.0 Å². The largest absolute Gasteiger partial charge is 0.436 e. The number of oxazole rings is 1. The van der Waals surface area contributed by atoms with Gasteiger partial charge >= 0.3 is 0 Å². The molecule has 0 saturated carbocycles. The number of hydrogen-bond donors (Lipinski definition) is 1. The molecule has 140 valence electrons. The predicted molar refractivity (Wildman–Crippen MR) is 116 cm³/mol. The highest BCUT2D eigenvalue weighted by atomic mass is 35.5. The number of carbonyl (C=O) groups excluding carboxylic acids is 1. The maximum Gasteiger partial charge on any atom is 0.255 e. The van der Waals surface area contributed by atoms with Crippen LogP contribution in [-0.4, -0.2) is 10.9 Å². The van der Waals surface area contributed by atoms with E-state index in [9.17, 15) is 4.79 Å². The molecule has 0 radical (unpaired) electrons. The summed E-state index contributed by atoms with van der Waals surface area (Å²) in [6.45, 7) is 0. The molecule has 4 nitrogen and oxygen atoms in total. The van der Waals surface area contributed by atoms with Crippen LogP contribution in [0.15, 0.2) is 89.3 Å². The molecule has 0 aliphatic carbocycles. The summed E-state index contributed by atoms with van der Waals surface area (Å²) in [6.07, 6.45) is 0. The maximum atomic E-state index is 12.4. The third-order valence-electron chi connectivity index (χ3n) is 4.77. The third-order valence-corrected chi connectivity index (χ3v) is 5.02. The first-order chi connectivity index (χ1) is 14.2. The van der Waals surface area contributed by atoms with Crippen LogP contribution in [-0.2, 0) is 0 Å². The van der Waals surface area contributed by atoms with Crippen LogP contribution in [0.25, 0.3) is 33.3 Å². The van der Waals surface area contributed by atoms with Gasteiger partial charge in [-0.1, -0.05) is 48.0 Å². The smallest absolute Gasteiger partial charge is 0.255 e. The van der Waals surface area contributed by atoms with Crippen molar-refractivity contribution < 1.29 is 9.21 Å². The summed E-state index contributed by atoms with van der Waals surface area (Å²) in [5.74, 6) is 0.344. The van der Waals surface area contributed by atoms with Gasteiger partial charge in [-0.25, -0.2) is 4.98 Å². The van der Waals surface area contributed by atoms with E-state index in [0.717, 1.165) is 16.3 Å². The molecule has 0 bridgehead atoms. The number of rotatable bonds is 3. The molecule has 5 heteroatoms. The van der Waals surface area contributed by atoms with Crippen molar-refractivity contribution >= 4 is 45.1 Å². The second-order valence-electron chi connectivity index (χ2n) is 6.69. The predicted octanol–water partition coefficient (Wildman–Crippen LogP) is 6.55. The Morgan fingerprint density at radius 2 is 1.69 bits per heavy atom. The Morgan fingerprint density at radius 1 is 0.897 bits per heavy atom. The summed E-state index contributed by atoms with van der Waals surface area (Å²) < 4.78 is 5.98. The molecule has 4 aromatic carbocycles. The number of amides is 1. The molecular weight excluding hydrogens is 384 g/mol. The monoisotopic (exact) mass is 398 g/mol. The number of halogens is 1. The normalized spacial score (nSPS) is 11.1. The zero-order valence-electron chi connectivity index (χ0n) is 15.2. The lowest BCUT2D eigenvalue weighted by atomic mass is 10.0. The van der Waals surface area contributed by atoms with Gasteiger partial charge in [-0.05, 0) is 59.3 Å². The Kier molecular flexibility index (Phi) is 4.26. The molecule has 1 heterocycles. The Labute approximate surface area is 171 Å². The molecule has 1 N–H and O–H groups in total. The number of nitrogens with one attached hydrogen (secondary N) is 1. The van der Waals surface area contributed by atoms with Crippen molar-refractivity contribution in [3.63, 3.8) is 0 Å². The van der Waals surface area contributed by atoms with Gasteiger partial charge in [0.15, 0.2) is 5.58 Å². The van der Waals surface area contributed by atoms with Crippen LogP contribution < -0.4 is 5.32 Å². The number of fused-ring (bicyclic) bond motifs is 2. The summed E-state index contributed by atoms with van der Waals surface area (Å²) in [5.41, 5.74) is 3.46. The molecule has 0 spiro atoms. The molecule has 0 atom stereocenters. The van der Waals surface area contributed by atoms with E-state index >= 15 is 0 Å². The van der Waals surface area contributed by atoms with E-state index in [1.807, 2.05) is 30.3 Å². The Balaban J connectivity index is 1.49. The van der Waals surface area contributed by atoms with Crippen LogP contribution in [0.1, 0.15) is 10.4 Å². The van der Waals surface area contributed by atoms with E-state index < -0.39 is 0 Å². The van der Waals surface area contributed by atoms with Crippen molar-refractivity contribution in [2.45, 2.75) is 0 Å². The molecule has 5 rings (SSSR count). The standard InChI is InChI=1S/C24H15ClN2O2/c25-17-10-8-16(9-11-17)23(28)26-18-12-13-22-21(14-18)27-24(29-22)20-7-3-5-15-4-1-2-6-19(15)20/h1-14H,(H,26,28). The van der Waals surface area contributed by atoms with Crippen molar-refractivity contribution in [2.75, 3.05) is 5.32 Å². The fourth-order valence-corrected chi connectivity index (χ4v) is 3.46. The van der Waals surface area contributed by atoms with E-state index in [1.165, 1.54) is 0 Å². The topological polar surface area (TPSA) is 55.1 Å². The highest BCUT2D eigenvalue weighted by molar-refractivity contribution is 6.30. The first kappa shape index (κ1) is 17.5. The van der Waals surface area contributed by atoms with Gasteiger partial charge in [-0.2, -0.15) is 0 Å². The van der Waals surface area contributed by atoms with Gasteiger partial charge in [-0.3, -0.25) is 4.79 Å². The zero-order chi connectivity index (χ0) is 19.8.